The highest BCUT2D eigenvalue weighted by Gasteiger charge is 2.38. The van der Waals surface area contributed by atoms with Crippen LogP contribution in [0.25, 0.3) is 0 Å². The molecule has 1 aromatic rings. The summed E-state index contributed by atoms with van der Waals surface area (Å²) in [6.45, 7) is 0.893. The number of carboxylic acids is 1. The highest BCUT2D eigenvalue weighted by atomic mass is 19.4. The highest BCUT2D eigenvalue weighted by Crippen LogP contribution is 2.17. The van der Waals surface area contributed by atoms with Crippen LogP contribution < -0.4 is 5.73 Å². The van der Waals surface area contributed by atoms with Gasteiger partial charge in [0.25, 0.3) is 0 Å². The summed E-state index contributed by atoms with van der Waals surface area (Å²) in [7, 11) is 0. The van der Waals surface area contributed by atoms with Crippen molar-refractivity contribution in [3.05, 3.63) is 24.8 Å². The van der Waals surface area contributed by atoms with E-state index in [9.17, 15) is 13.2 Å². The fourth-order valence-corrected chi connectivity index (χ4v) is 1.51. The van der Waals surface area contributed by atoms with Crippen LogP contribution in [0.5, 0.6) is 0 Å². The van der Waals surface area contributed by atoms with Crippen LogP contribution in [0.3, 0.4) is 0 Å². The molecule has 0 saturated carbocycles. The zero-order chi connectivity index (χ0) is 14.5. The maximum Gasteiger partial charge on any atom is 0.490 e. The Morgan fingerprint density at radius 2 is 2.11 bits per heavy atom. The zero-order valence-electron chi connectivity index (χ0n) is 9.79. The average Bonchev–Trinajstić information content (AvgIpc) is 2.90. The third kappa shape index (κ3) is 5.51. The summed E-state index contributed by atoms with van der Waals surface area (Å²) in [6, 6.07) is 0.235. The van der Waals surface area contributed by atoms with Crippen LogP contribution in [0, 0.1) is 5.92 Å². The van der Waals surface area contributed by atoms with Gasteiger partial charge < -0.3 is 10.8 Å². The maximum absolute atomic E-state index is 10.6. The number of carboxylic acid groups (broad SMARTS) is 1. The van der Waals surface area contributed by atoms with Gasteiger partial charge in [-0.15, -0.1) is 0 Å². The normalized spacial score (nSPS) is 21.9. The summed E-state index contributed by atoms with van der Waals surface area (Å²) in [5.41, 5.74) is 5.72. The molecule has 0 saturated heterocycles. The number of hydrogen-bond donors (Lipinski definition) is 2. The molecule has 1 heterocycles. The fraction of sp³-hybridized carbons (Fsp3) is 0.500. The molecule has 2 atom stereocenters. The van der Waals surface area contributed by atoms with Crippen molar-refractivity contribution >= 4 is 5.97 Å². The minimum absolute atomic E-state index is 0.235. The number of aliphatic carboxylic acids is 1. The first-order chi connectivity index (χ1) is 8.79. The lowest BCUT2D eigenvalue weighted by molar-refractivity contribution is -0.192. The van der Waals surface area contributed by atoms with Gasteiger partial charge >= 0.3 is 12.1 Å². The van der Waals surface area contributed by atoms with Crippen LogP contribution in [0.4, 0.5) is 13.2 Å². The number of nitrogens with two attached hydrogens (primary N) is 1. The summed E-state index contributed by atoms with van der Waals surface area (Å²) in [5, 5.41) is 11.2. The Morgan fingerprint density at radius 3 is 2.47 bits per heavy atom. The number of nitrogens with zero attached hydrogens (tertiary/aromatic N) is 3. The molecule has 0 spiro atoms. The molecule has 0 bridgehead atoms. The second-order valence-corrected chi connectivity index (χ2v) is 3.96. The predicted octanol–water partition coefficient (Wildman–Crippen LogP) is 0.815. The van der Waals surface area contributed by atoms with Crippen LogP contribution in [-0.4, -0.2) is 38.1 Å². The Bertz CT molecular complexity index is 430. The first-order valence-corrected chi connectivity index (χ1v) is 5.35. The van der Waals surface area contributed by atoms with Crippen LogP contribution in [0.1, 0.15) is 6.42 Å². The molecule has 2 rings (SSSR count). The van der Waals surface area contributed by atoms with Gasteiger partial charge in [0, 0.05) is 12.6 Å². The molecule has 1 aliphatic carbocycles. The molecular formula is C10H13F3N4O2. The molecule has 0 unspecified atom stereocenters. The molecule has 19 heavy (non-hydrogen) atoms. The van der Waals surface area contributed by atoms with Gasteiger partial charge in [0.1, 0.15) is 12.7 Å². The van der Waals surface area contributed by atoms with Crippen molar-refractivity contribution in [1.29, 1.82) is 0 Å². The lowest BCUT2D eigenvalue weighted by Crippen LogP contribution is -2.21. The first-order valence-electron chi connectivity index (χ1n) is 5.35. The summed E-state index contributed by atoms with van der Waals surface area (Å²) >= 11 is 0. The van der Waals surface area contributed by atoms with E-state index in [1.807, 2.05) is 4.68 Å². The van der Waals surface area contributed by atoms with Gasteiger partial charge in [-0.1, -0.05) is 12.2 Å². The van der Waals surface area contributed by atoms with Crippen molar-refractivity contribution in [2.45, 2.75) is 25.2 Å². The second kappa shape index (κ2) is 6.32. The zero-order valence-corrected chi connectivity index (χ0v) is 9.79. The van der Waals surface area contributed by atoms with Gasteiger partial charge in [-0.3, -0.25) is 4.68 Å². The van der Waals surface area contributed by atoms with Crippen molar-refractivity contribution in [1.82, 2.24) is 14.8 Å². The monoisotopic (exact) mass is 278 g/mol. The molecule has 106 valence electrons. The van der Waals surface area contributed by atoms with E-state index in [0.717, 1.165) is 13.0 Å². The third-order valence-corrected chi connectivity index (χ3v) is 2.34. The van der Waals surface area contributed by atoms with Gasteiger partial charge in [0.2, 0.25) is 0 Å². The molecule has 0 amide bonds. The second-order valence-electron chi connectivity index (χ2n) is 3.96. The van der Waals surface area contributed by atoms with Crippen LogP contribution in [0.15, 0.2) is 24.8 Å². The number of carbonyl (C=O) groups is 1. The number of halogens is 3. The summed E-state index contributed by atoms with van der Waals surface area (Å²) in [5.74, 6) is -2.23. The van der Waals surface area contributed by atoms with E-state index >= 15 is 0 Å². The van der Waals surface area contributed by atoms with Crippen molar-refractivity contribution < 1.29 is 23.1 Å². The van der Waals surface area contributed by atoms with E-state index in [0.29, 0.717) is 5.92 Å². The average molecular weight is 278 g/mol. The molecule has 0 aliphatic heterocycles. The summed E-state index contributed by atoms with van der Waals surface area (Å²) in [4.78, 5) is 12.8. The highest BCUT2D eigenvalue weighted by molar-refractivity contribution is 5.73. The smallest absolute Gasteiger partial charge is 0.475 e. The Balaban J connectivity index is 0.000000224. The van der Waals surface area contributed by atoms with Crippen LogP contribution >= 0.6 is 0 Å². The molecular weight excluding hydrogens is 265 g/mol. The van der Waals surface area contributed by atoms with E-state index in [1.54, 1.807) is 12.7 Å². The van der Waals surface area contributed by atoms with Gasteiger partial charge in [-0.2, -0.15) is 18.3 Å². The molecule has 3 N–H and O–H groups in total. The predicted molar refractivity (Wildman–Crippen MR) is 58.9 cm³/mol. The van der Waals surface area contributed by atoms with Crippen LogP contribution in [0.2, 0.25) is 0 Å². The van der Waals surface area contributed by atoms with E-state index in [2.05, 4.69) is 22.2 Å². The topological polar surface area (TPSA) is 94.0 Å². The van der Waals surface area contributed by atoms with Gasteiger partial charge in [0.05, 0.1) is 0 Å². The molecule has 1 aliphatic rings. The van der Waals surface area contributed by atoms with Gasteiger partial charge in [-0.25, -0.2) is 9.78 Å². The fourth-order valence-electron chi connectivity index (χ4n) is 1.51. The number of hydrogen-bond acceptors (Lipinski definition) is 4. The Hall–Kier alpha value is -1.90. The molecule has 0 aromatic carbocycles. The number of alkyl halides is 3. The number of aromatic nitrogens is 3. The lowest BCUT2D eigenvalue weighted by Gasteiger charge is -2.07. The maximum atomic E-state index is 10.6. The van der Waals surface area contributed by atoms with E-state index < -0.39 is 12.1 Å². The quantitative estimate of drug-likeness (QED) is 0.781. The van der Waals surface area contributed by atoms with Crippen molar-refractivity contribution in [3.8, 4) is 0 Å². The van der Waals surface area contributed by atoms with Crippen molar-refractivity contribution in [2.75, 3.05) is 0 Å². The Morgan fingerprint density at radius 1 is 1.47 bits per heavy atom. The standard InChI is InChI=1S/C8H12N4.C2HF3O2/c9-8-2-1-7(3-8)4-12-6-10-5-11-12;3-2(4,5)1(6)7/h1-2,5-8H,3-4,9H2;(H,6,7)/t7-,8+;/m0./s1. The van der Waals surface area contributed by atoms with Crippen LogP contribution in [-0.2, 0) is 11.3 Å². The Labute approximate surface area is 106 Å². The summed E-state index contributed by atoms with van der Waals surface area (Å²) < 4.78 is 33.6. The molecule has 1 aromatic heterocycles. The SMILES string of the molecule is N[C@@H]1C=C[C@H](Cn2cncn2)C1.O=C(O)C(F)(F)F. The molecule has 0 radical (unpaired) electrons. The van der Waals surface area contributed by atoms with Crippen molar-refractivity contribution in [3.63, 3.8) is 0 Å². The largest absolute Gasteiger partial charge is 0.490 e. The first kappa shape index (κ1) is 15.2. The summed E-state index contributed by atoms with van der Waals surface area (Å²) in [6.07, 6.45) is 3.45. The van der Waals surface area contributed by atoms with Gasteiger partial charge in [-0.05, 0) is 12.3 Å². The molecule has 9 heteroatoms. The van der Waals surface area contributed by atoms with E-state index in [4.69, 9.17) is 15.6 Å². The molecule has 0 fully saturated rings. The number of rotatable bonds is 2. The number of allylic oxidation sites excluding steroid dienone is 1. The van der Waals surface area contributed by atoms with E-state index in [1.165, 1.54) is 0 Å². The molecule has 6 nitrogen and oxygen atoms in total. The minimum atomic E-state index is -5.08. The van der Waals surface area contributed by atoms with Crippen molar-refractivity contribution in [2.24, 2.45) is 11.7 Å². The van der Waals surface area contributed by atoms with E-state index in [-0.39, 0.29) is 6.04 Å². The van der Waals surface area contributed by atoms with Gasteiger partial charge in [0.15, 0.2) is 0 Å². The minimum Gasteiger partial charge on any atom is -0.475 e. The third-order valence-electron chi connectivity index (χ3n) is 2.34. The lowest BCUT2D eigenvalue weighted by atomic mass is 10.1. The Kier molecular flexibility index (Phi) is 5.04.